The molecule has 0 saturated carbocycles. The standard InChI is InChI=1S/C2H6O3S.Na.H/c1-2-6(3,4)5;;/h2H2,1H3,(H,3,4,5);;. The zero-order valence-electron chi connectivity index (χ0n) is 3.38. The molecule has 0 atom stereocenters. The molecule has 0 bridgehead atoms. The molecule has 0 aromatic heterocycles. The molecule has 0 radical (unpaired) electrons. The summed E-state index contributed by atoms with van der Waals surface area (Å²) < 4.78 is 26.9. The molecule has 0 aliphatic rings. The van der Waals surface area contributed by atoms with Crippen molar-refractivity contribution < 1.29 is 13.0 Å². The summed E-state index contributed by atoms with van der Waals surface area (Å²) in [7, 11) is -3.66. The van der Waals surface area contributed by atoms with E-state index >= 15 is 0 Å². The van der Waals surface area contributed by atoms with E-state index in [0.29, 0.717) is 0 Å². The summed E-state index contributed by atoms with van der Waals surface area (Å²) in [6.07, 6.45) is 0. The normalized spacial score (nSPS) is 10.0. The Morgan fingerprint density at radius 3 is 1.71 bits per heavy atom. The number of rotatable bonds is 1. The average Bonchev–Trinajstić information content (AvgIpc) is 1.35. The second-order valence-corrected chi connectivity index (χ2v) is 2.61. The minimum atomic E-state index is -3.66. The van der Waals surface area contributed by atoms with Gasteiger partial charge >= 0.3 is 29.6 Å². The van der Waals surface area contributed by atoms with Gasteiger partial charge in [-0.3, -0.25) is 4.55 Å². The van der Waals surface area contributed by atoms with Crippen LogP contribution in [0.3, 0.4) is 0 Å². The van der Waals surface area contributed by atoms with Crippen LogP contribution in [-0.4, -0.2) is 48.3 Å². The molecule has 40 valence electrons. The molecule has 1 N–H and O–H groups in total. The zero-order chi connectivity index (χ0) is 5.21. The van der Waals surface area contributed by atoms with Gasteiger partial charge in [0.05, 0.1) is 5.75 Å². The van der Waals surface area contributed by atoms with Crippen LogP contribution in [-0.2, 0) is 10.1 Å². The van der Waals surface area contributed by atoms with Crippen LogP contribution < -0.4 is 0 Å². The molecule has 0 amide bonds. The maximum absolute atomic E-state index is 9.56. The summed E-state index contributed by atoms with van der Waals surface area (Å²) in [4.78, 5) is 0. The monoisotopic (exact) mass is 134 g/mol. The second kappa shape index (κ2) is 3.86. The molecule has 0 saturated heterocycles. The Labute approximate surface area is 65.1 Å². The fraction of sp³-hybridized carbons (Fsp3) is 1.00. The van der Waals surface area contributed by atoms with E-state index in [0.717, 1.165) is 0 Å². The van der Waals surface area contributed by atoms with Crippen molar-refractivity contribution in [2.24, 2.45) is 0 Å². The quantitative estimate of drug-likeness (QED) is 0.379. The summed E-state index contributed by atoms with van der Waals surface area (Å²) in [6.45, 7) is 1.37. The fourth-order valence-corrected chi connectivity index (χ4v) is 0. The van der Waals surface area contributed by atoms with Crippen molar-refractivity contribution in [3.05, 3.63) is 0 Å². The molecule has 0 aliphatic heterocycles. The van der Waals surface area contributed by atoms with Crippen LogP contribution in [0.1, 0.15) is 6.92 Å². The van der Waals surface area contributed by atoms with Crippen LogP contribution in [0, 0.1) is 0 Å². The zero-order valence-corrected chi connectivity index (χ0v) is 4.20. The molecule has 0 heterocycles. The molecule has 0 aliphatic carbocycles. The van der Waals surface area contributed by atoms with Gasteiger partial charge in [-0.05, 0) is 6.92 Å². The van der Waals surface area contributed by atoms with Gasteiger partial charge in [0, 0.05) is 0 Å². The van der Waals surface area contributed by atoms with Gasteiger partial charge in [0.1, 0.15) is 0 Å². The van der Waals surface area contributed by atoms with Crippen molar-refractivity contribution in [2.75, 3.05) is 5.75 Å². The van der Waals surface area contributed by atoms with Crippen LogP contribution in [0.4, 0.5) is 0 Å². The van der Waals surface area contributed by atoms with Crippen molar-refractivity contribution in [1.82, 2.24) is 0 Å². The summed E-state index contributed by atoms with van der Waals surface area (Å²) in [5, 5.41) is 0. The molecule has 0 aromatic carbocycles. The first-order chi connectivity index (χ1) is 2.56. The predicted octanol–water partition coefficient (Wildman–Crippen LogP) is -0.754. The van der Waals surface area contributed by atoms with Crippen LogP contribution in [0.5, 0.6) is 0 Å². The SMILES string of the molecule is CCS(=O)(=O)O.[NaH]. The third-order valence-electron chi connectivity index (χ3n) is 0.365. The van der Waals surface area contributed by atoms with Crippen LogP contribution in [0.2, 0.25) is 0 Å². The Bertz CT molecular complexity index is 115. The number of hydrogen-bond donors (Lipinski definition) is 1. The first-order valence-electron chi connectivity index (χ1n) is 1.51. The van der Waals surface area contributed by atoms with E-state index in [4.69, 9.17) is 4.55 Å². The van der Waals surface area contributed by atoms with Crippen molar-refractivity contribution >= 4 is 39.7 Å². The Balaban J connectivity index is 0. The van der Waals surface area contributed by atoms with Gasteiger partial charge in [0.2, 0.25) is 0 Å². The fourth-order valence-electron chi connectivity index (χ4n) is 0. The third-order valence-corrected chi connectivity index (χ3v) is 1.09. The van der Waals surface area contributed by atoms with Crippen LogP contribution in [0.15, 0.2) is 0 Å². The van der Waals surface area contributed by atoms with Gasteiger partial charge in [0.25, 0.3) is 10.1 Å². The van der Waals surface area contributed by atoms with E-state index in [-0.39, 0.29) is 35.3 Å². The van der Waals surface area contributed by atoms with Gasteiger partial charge in [-0.25, -0.2) is 0 Å². The summed E-state index contributed by atoms with van der Waals surface area (Å²) in [6, 6.07) is 0. The second-order valence-electron chi connectivity index (χ2n) is 0.871. The Morgan fingerprint density at radius 2 is 1.71 bits per heavy atom. The van der Waals surface area contributed by atoms with E-state index in [1.54, 1.807) is 0 Å². The van der Waals surface area contributed by atoms with Gasteiger partial charge in [-0.1, -0.05) is 0 Å². The van der Waals surface area contributed by atoms with Crippen LogP contribution in [0.25, 0.3) is 0 Å². The van der Waals surface area contributed by atoms with Crippen molar-refractivity contribution in [2.45, 2.75) is 6.92 Å². The van der Waals surface area contributed by atoms with Crippen molar-refractivity contribution in [3.63, 3.8) is 0 Å². The molecule has 0 rings (SSSR count). The van der Waals surface area contributed by atoms with Crippen molar-refractivity contribution in [3.8, 4) is 0 Å². The van der Waals surface area contributed by atoms with Gasteiger partial charge < -0.3 is 0 Å². The number of hydrogen-bond acceptors (Lipinski definition) is 2. The summed E-state index contributed by atoms with van der Waals surface area (Å²) in [5.74, 6) is -0.201. The average molecular weight is 134 g/mol. The Hall–Kier alpha value is 0.910. The first kappa shape index (κ1) is 10.8. The molecular weight excluding hydrogens is 127 g/mol. The van der Waals surface area contributed by atoms with E-state index in [9.17, 15) is 8.42 Å². The molecule has 0 aromatic rings. The molecule has 0 spiro atoms. The summed E-state index contributed by atoms with van der Waals surface area (Å²) in [5.41, 5.74) is 0. The molecular formula is C2H7NaO3S. The summed E-state index contributed by atoms with van der Waals surface area (Å²) >= 11 is 0. The van der Waals surface area contributed by atoms with E-state index in [1.807, 2.05) is 0 Å². The Kier molecular flexibility index (Phi) is 5.96. The predicted molar refractivity (Wildman–Crippen MR) is 29.2 cm³/mol. The first-order valence-corrected chi connectivity index (χ1v) is 3.12. The molecule has 0 unspecified atom stereocenters. The van der Waals surface area contributed by atoms with E-state index in [2.05, 4.69) is 0 Å². The third kappa shape index (κ3) is 10.9. The topological polar surface area (TPSA) is 54.4 Å². The van der Waals surface area contributed by atoms with Gasteiger partial charge in [0.15, 0.2) is 0 Å². The minimum absolute atomic E-state index is 0. The molecule has 3 nitrogen and oxygen atoms in total. The van der Waals surface area contributed by atoms with Gasteiger partial charge in [-0.15, -0.1) is 0 Å². The van der Waals surface area contributed by atoms with E-state index in [1.165, 1.54) is 6.92 Å². The maximum atomic E-state index is 9.56. The molecule has 7 heavy (non-hydrogen) atoms. The molecule has 5 heteroatoms. The van der Waals surface area contributed by atoms with Crippen molar-refractivity contribution in [1.29, 1.82) is 0 Å². The van der Waals surface area contributed by atoms with E-state index < -0.39 is 10.1 Å². The molecule has 0 fully saturated rings. The van der Waals surface area contributed by atoms with Gasteiger partial charge in [-0.2, -0.15) is 8.42 Å². The van der Waals surface area contributed by atoms with Crippen LogP contribution >= 0.6 is 0 Å². The Morgan fingerprint density at radius 1 is 1.57 bits per heavy atom.